The van der Waals surface area contributed by atoms with E-state index in [0.29, 0.717) is 49.2 Å². The van der Waals surface area contributed by atoms with Gasteiger partial charge < -0.3 is 10.2 Å². The zero-order valence-electron chi connectivity index (χ0n) is 21.0. The maximum absolute atomic E-state index is 13.6. The Balaban J connectivity index is 1.27. The number of fused-ring (bicyclic) bond motifs is 1. The number of hydrogen-bond donors (Lipinski definition) is 2. The van der Waals surface area contributed by atoms with Crippen molar-refractivity contribution in [1.29, 1.82) is 0 Å². The number of nitrogens with one attached hydrogen (secondary N) is 2. The fourth-order valence-electron chi connectivity index (χ4n) is 6.74. The minimum Gasteiger partial charge on any atom is -0.322 e. The Bertz CT molecular complexity index is 1020. The lowest BCUT2D eigenvalue weighted by Gasteiger charge is -2.40. The quantitative estimate of drug-likeness (QED) is 0.568. The third-order valence-corrected chi connectivity index (χ3v) is 8.92. The van der Waals surface area contributed by atoms with Gasteiger partial charge >= 0.3 is 0 Å². The highest BCUT2D eigenvalue weighted by Gasteiger charge is 2.40. The van der Waals surface area contributed by atoms with Gasteiger partial charge in [0, 0.05) is 43.5 Å². The summed E-state index contributed by atoms with van der Waals surface area (Å²) in [5.74, 6) is -2.24. The molecular weight excluding hydrogens is 464 g/mol. The molecule has 4 atom stereocenters. The van der Waals surface area contributed by atoms with Gasteiger partial charge in [0.2, 0.25) is 17.7 Å². The molecule has 1 saturated heterocycles. The Morgan fingerprint density at radius 1 is 1.08 bits per heavy atom. The van der Waals surface area contributed by atoms with E-state index in [0.717, 1.165) is 31.2 Å². The predicted molar refractivity (Wildman–Crippen MR) is 131 cm³/mol. The molecule has 3 amide bonds. The molecule has 0 bridgehead atoms. The van der Waals surface area contributed by atoms with Crippen LogP contribution < -0.4 is 10.6 Å². The van der Waals surface area contributed by atoms with Gasteiger partial charge in [0.15, 0.2) is 0 Å². The molecule has 5 rings (SSSR count). The number of benzene rings is 1. The molecule has 6 nitrogen and oxygen atoms in total. The van der Waals surface area contributed by atoms with Gasteiger partial charge in [-0.1, -0.05) is 25.5 Å². The molecule has 3 fully saturated rings. The number of amides is 3. The molecular formula is C28H37F2N3O3. The predicted octanol–water partition coefficient (Wildman–Crippen LogP) is 4.35. The standard InChI is InChI=1S/C28H37F2N3O3/c1-2-17-4-6-23(31-21-9-11-28(29,30)12-10-21)19(13-17)14-18-3-5-22-20(15-18)16-33(27(22)36)24-7-8-25(34)32-26(24)35/h3,5,15,17,19,21,23-24,31H,2,4,6-14,16H2,1H3,(H,32,34,35)/t17-,19+,23-,24?/m0/s1. The molecule has 1 aromatic carbocycles. The second-order valence-corrected chi connectivity index (χ2v) is 11.3. The van der Waals surface area contributed by atoms with E-state index in [9.17, 15) is 23.2 Å². The normalized spacial score (nSPS) is 30.9. The molecule has 1 unspecified atom stereocenters. The number of rotatable bonds is 6. The van der Waals surface area contributed by atoms with Crippen LogP contribution in [0.2, 0.25) is 0 Å². The summed E-state index contributed by atoms with van der Waals surface area (Å²) in [6, 6.07) is 5.89. The fourth-order valence-corrected chi connectivity index (χ4v) is 6.74. The molecule has 4 aliphatic rings. The molecule has 0 spiro atoms. The van der Waals surface area contributed by atoms with E-state index in [-0.39, 0.29) is 37.1 Å². The molecule has 0 aromatic heterocycles. The monoisotopic (exact) mass is 501 g/mol. The summed E-state index contributed by atoms with van der Waals surface area (Å²) in [4.78, 5) is 38.5. The summed E-state index contributed by atoms with van der Waals surface area (Å²) in [7, 11) is 0. The first-order valence-electron chi connectivity index (χ1n) is 13.6. The average molecular weight is 502 g/mol. The molecule has 196 valence electrons. The molecule has 36 heavy (non-hydrogen) atoms. The second kappa shape index (κ2) is 10.2. The van der Waals surface area contributed by atoms with Crippen molar-refractivity contribution in [3.63, 3.8) is 0 Å². The third kappa shape index (κ3) is 5.34. The summed E-state index contributed by atoms with van der Waals surface area (Å²) < 4.78 is 27.3. The Hall–Kier alpha value is -2.35. The highest BCUT2D eigenvalue weighted by atomic mass is 19.3. The Morgan fingerprint density at radius 2 is 1.86 bits per heavy atom. The van der Waals surface area contributed by atoms with E-state index >= 15 is 0 Å². The van der Waals surface area contributed by atoms with Crippen LogP contribution in [0, 0.1) is 11.8 Å². The van der Waals surface area contributed by atoms with E-state index in [4.69, 9.17) is 0 Å². The number of imide groups is 1. The van der Waals surface area contributed by atoms with Gasteiger partial charge in [-0.25, -0.2) is 8.78 Å². The third-order valence-electron chi connectivity index (χ3n) is 8.92. The second-order valence-electron chi connectivity index (χ2n) is 11.3. The van der Waals surface area contributed by atoms with Crippen LogP contribution in [0.5, 0.6) is 0 Å². The summed E-state index contributed by atoms with van der Waals surface area (Å²) in [6.07, 6.45) is 7.02. The van der Waals surface area contributed by atoms with E-state index in [1.165, 1.54) is 12.0 Å². The van der Waals surface area contributed by atoms with Crippen LogP contribution in [-0.2, 0) is 22.6 Å². The molecule has 8 heteroatoms. The molecule has 2 aliphatic carbocycles. The topological polar surface area (TPSA) is 78.5 Å². The van der Waals surface area contributed by atoms with E-state index < -0.39 is 17.9 Å². The van der Waals surface area contributed by atoms with Crippen LogP contribution in [-0.4, -0.2) is 46.7 Å². The van der Waals surface area contributed by atoms with Gasteiger partial charge in [0.05, 0.1) is 0 Å². The number of alkyl halides is 2. The summed E-state index contributed by atoms with van der Waals surface area (Å²) in [5.41, 5.74) is 2.75. The van der Waals surface area contributed by atoms with Crippen molar-refractivity contribution in [2.45, 2.75) is 108 Å². The van der Waals surface area contributed by atoms with Gasteiger partial charge in [-0.3, -0.25) is 19.7 Å². The number of carbonyl (C=O) groups is 3. The minimum absolute atomic E-state index is 0.0256. The molecule has 2 heterocycles. The highest BCUT2D eigenvalue weighted by Crippen LogP contribution is 2.38. The van der Waals surface area contributed by atoms with Crippen molar-refractivity contribution in [3.05, 3.63) is 34.9 Å². The van der Waals surface area contributed by atoms with Crippen molar-refractivity contribution < 1.29 is 23.2 Å². The zero-order chi connectivity index (χ0) is 25.4. The Kier molecular flexibility index (Phi) is 7.16. The first kappa shape index (κ1) is 25.3. The smallest absolute Gasteiger partial charge is 0.255 e. The summed E-state index contributed by atoms with van der Waals surface area (Å²) in [6.45, 7) is 2.62. The molecule has 2 N–H and O–H groups in total. The number of nitrogens with zero attached hydrogens (tertiary/aromatic N) is 1. The maximum atomic E-state index is 13.6. The lowest BCUT2D eigenvalue weighted by molar-refractivity contribution is -0.136. The first-order valence-corrected chi connectivity index (χ1v) is 13.6. The van der Waals surface area contributed by atoms with E-state index in [1.54, 1.807) is 4.90 Å². The lowest BCUT2D eigenvalue weighted by atomic mass is 9.73. The summed E-state index contributed by atoms with van der Waals surface area (Å²) in [5, 5.41) is 6.11. The first-order chi connectivity index (χ1) is 17.2. The van der Waals surface area contributed by atoms with Crippen LogP contribution in [0.15, 0.2) is 18.2 Å². The molecule has 1 aromatic rings. The number of carbonyl (C=O) groups excluding carboxylic acids is 3. The molecule has 2 aliphatic heterocycles. The minimum atomic E-state index is -2.51. The largest absolute Gasteiger partial charge is 0.322 e. The van der Waals surface area contributed by atoms with Crippen LogP contribution >= 0.6 is 0 Å². The maximum Gasteiger partial charge on any atom is 0.255 e. The van der Waals surface area contributed by atoms with E-state index in [2.05, 4.69) is 23.6 Å². The van der Waals surface area contributed by atoms with Crippen LogP contribution in [0.3, 0.4) is 0 Å². The number of hydrogen-bond acceptors (Lipinski definition) is 4. The van der Waals surface area contributed by atoms with Gasteiger partial charge in [-0.2, -0.15) is 0 Å². The van der Waals surface area contributed by atoms with Gasteiger partial charge in [0.25, 0.3) is 5.91 Å². The van der Waals surface area contributed by atoms with Crippen molar-refractivity contribution >= 4 is 17.7 Å². The van der Waals surface area contributed by atoms with Crippen LogP contribution in [0.25, 0.3) is 0 Å². The zero-order valence-corrected chi connectivity index (χ0v) is 21.0. The van der Waals surface area contributed by atoms with E-state index in [1.807, 2.05) is 12.1 Å². The number of halogens is 2. The Morgan fingerprint density at radius 3 is 2.58 bits per heavy atom. The van der Waals surface area contributed by atoms with Crippen molar-refractivity contribution in [1.82, 2.24) is 15.5 Å². The Labute approximate surface area is 211 Å². The fraction of sp³-hybridized carbons (Fsp3) is 0.679. The van der Waals surface area contributed by atoms with Crippen molar-refractivity contribution in [3.8, 4) is 0 Å². The number of piperidine rings is 1. The van der Waals surface area contributed by atoms with Crippen LogP contribution in [0.1, 0.15) is 92.6 Å². The molecule has 2 saturated carbocycles. The van der Waals surface area contributed by atoms with Crippen molar-refractivity contribution in [2.75, 3.05) is 0 Å². The SMILES string of the molecule is CC[C@H]1CC[C@H](NC2CCC(F)(F)CC2)[C@@H](Cc2ccc3c(c2)CN(C2CCC(=O)NC2=O)C3=O)C1. The van der Waals surface area contributed by atoms with Crippen LogP contribution in [0.4, 0.5) is 8.78 Å². The van der Waals surface area contributed by atoms with Gasteiger partial charge in [-0.15, -0.1) is 0 Å². The van der Waals surface area contributed by atoms with Gasteiger partial charge in [-0.05, 0) is 74.0 Å². The summed E-state index contributed by atoms with van der Waals surface area (Å²) >= 11 is 0. The van der Waals surface area contributed by atoms with Crippen molar-refractivity contribution in [2.24, 2.45) is 11.8 Å². The highest BCUT2D eigenvalue weighted by molar-refractivity contribution is 6.05. The van der Waals surface area contributed by atoms with Gasteiger partial charge in [0.1, 0.15) is 6.04 Å². The lowest BCUT2D eigenvalue weighted by Crippen LogP contribution is -2.52. The average Bonchev–Trinajstić information content (AvgIpc) is 3.16. The molecule has 0 radical (unpaired) electrons.